The Hall–Kier alpha value is -2.29. The number of amides is 1. The van der Waals surface area contributed by atoms with E-state index in [1.54, 1.807) is 0 Å². The van der Waals surface area contributed by atoms with Crippen LogP contribution in [0.1, 0.15) is 24.5 Å². The normalized spacial score (nSPS) is 10.3. The quantitative estimate of drug-likeness (QED) is 0.827. The van der Waals surface area contributed by atoms with Crippen molar-refractivity contribution in [3.05, 3.63) is 65.7 Å². The van der Waals surface area contributed by atoms with E-state index in [9.17, 15) is 4.79 Å². The molecular weight excluding hydrogens is 260 g/mol. The third-order valence-electron chi connectivity index (χ3n) is 3.56. The van der Waals surface area contributed by atoms with Gasteiger partial charge in [0.25, 0.3) is 0 Å². The van der Waals surface area contributed by atoms with Crippen LogP contribution in [-0.2, 0) is 17.8 Å². The third-order valence-corrected chi connectivity index (χ3v) is 3.56. The van der Waals surface area contributed by atoms with Crippen LogP contribution < -0.4 is 5.73 Å². The zero-order chi connectivity index (χ0) is 15.1. The maximum Gasteiger partial charge on any atom is 0.223 e. The van der Waals surface area contributed by atoms with Crippen LogP contribution in [0.2, 0.25) is 0 Å². The molecule has 0 fully saturated rings. The highest BCUT2D eigenvalue weighted by Crippen LogP contribution is 2.10. The summed E-state index contributed by atoms with van der Waals surface area (Å²) in [5.41, 5.74) is 8.73. The number of nitrogen functional groups attached to an aromatic ring is 1. The number of rotatable bonds is 6. The van der Waals surface area contributed by atoms with E-state index in [0.717, 1.165) is 24.2 Å². The predicted octanol–water partition coefficient (Wildman–Crippen LogP) is 3.25. The first-order valence-electron chi connectivity index (χ1n) is 7.35. The van der Waals surface area contributed by atoms with Gasteiger partial charge in [-0.2, -0.15) is 0 Å². The first kappa shape index (κ1) is 15.1. The Morgan fingerprint density at radius 1 is 1.00 bits per heavy atom. The smallest absolute Gasteiger partial charge is 0.223 e. The summed E-state index contributed by atoms with van der Waals surface area (Å²) < 4.78 is 0. The van der Waals surface area contributed by atoms with Crippen molar-refractivity contribution in [1.29, 1.82) is 0 Å². The Bertz CT molecular complexity index is 564. The fourth-order valence-electron chi connectivity index (χ4n) is 2.27. The molecule has 2 N–H and O–H groups in total. The Kier molecular flexibility index (Phi) is 5.38. The van der Waals surface area contributed by atoms with Gasteiger partial charge < -0.3 is 10.6 Å². The molecule has 2 aromatic rings. The molecule has 2 aromatic carbocycles. The van der Waals surface area contributed by atoms with Gasteiger partial charge in [-0.3, -0.25) is 4.79 Å². The number of nitrogens with zero attached hydrogens (tertiary/aromatic N) is 1. The Labute approximate surface area is 126 Å². The Balaban J connectivity index is 1.89. The van der Waals surface area contributed by atoms with Crippen molar-refractivity contribution in [2.75, 3.05) is 12.3 Å². The molecule has 3 nitrogen and oxygen atoms in total. The first-order valence-corrected chi connectivity index (χ1v) is 7.35. The zero-order valence-corrected chi connectivity index (χ0v) is 12.5. The highest BCUT2D eigenvalue weighted by molar-refractivity contribution is 5.76. The lowest BCUT2D eigenvalue weighted by atomic mass is 10.1. The van der Waals surface area contributed by atoms with Crippen LogP contribution in [0.3, 0.4) is 0 Å². The van der Waals surface area contributed by atoms with Gasteiger partial charge in [-0.15, -0.1) is 0 Å². The van der Waals surface area contributed by atoms with Gasteiger partial charge in [0.2, 0.25) is 5.91 Å². The van der Waals surface area contributed by atoms with E-state index in [1.165, 1.54) is 5.56 Å². The molecule has 0 aliphatic carbocycles. The number of aryl methyl sites for hydroxylation is 1. The highest BCUT2D eigenvalue weighted by Gasteiger charge is 2.11. The van der Waals surface area contributed by atoms with Gasteiger partial charge in [-0.25, -0.2) is 0 Å². The molecule has 0 heterocycles. The Morgan fingerprint density at radius 2 is 1.67 bits per heavy atom. The van der Waals surface area contributed by atoms with E-state index in [1.807, 2.05) is 54.3 Å². The second-order valence-corrected chi connectivity index (χ2v) is 5.14. The van der Waals surface area contributed by atoms with Crippen LogP contribution in [0.4, 0.5) is 5.69 Å². The van der Waals surface area contributed by atoms with Crippen LogP contribution in [0, 0.1) is 0 Å². The second-order valence-electron chi connectivity index (χ2n) is 5.14. The molecule has 0 radical (unpaired) electrons. The standard InChI is InChI=1S/C18H22N2O/c1-2-20(14-16-6-4-3-5-7-16)18(21)13-10-15-8-11-17(19)12-9-15/h3-9,11-12H,2,10,13-14,19H2,1H3. The van der Waals surface area contributed by atoms with Crippen molar-refractivity contribution < 1.29 is 4.79 Å². The van der Waals surface area contributed by atoms with Gasteiger partial charge in [-0.1, -0.05) is 42.5 Å². The lowest BCUT2D eigenvalue weighted by molar-refractivity contribution is -0.131. The molecule has 3 heteroatoms. The molecule has 0 aromatic heterocycles. The fourth-order valence-corrected chi connectivity index (χ4v) is 2.27. The van der Waals surface area contributed by atoms with Gasteiger partial charge >= 0.3 is 0 Å². The molecule has 0 saturated heterocycles. The van der Waals surface area contributed by atoms with Crippen molar-refractivity contribution in [3.63, 3.8) is 0 Å². The molecule has 0 unspecified atom stereocenters. The summed E-state index contributed by atoms with van der Waals surface area (Å²) in [6.45, 7) is 3.43. The second kappa shape index (κ2) is 7.48. The lowest BCUT2D eigenvalue weighted by Gasteiger charge is -2.21. The number of hydrogen-bond acceptors (Lipinski definition) is 2. The summed E-state index contributed by atoms with van der Waals surface area (Å²) in [5, 5.41) is 0. The molecule has 0 saturated carbocycles. The van der Waals surface area contributed by atoms with E-state index in [-0.39, 0.29) is 5.91 Å². The summed E-state index contributed by atoms with van der Waals surface area (Å²) in [7, 11) is 0. The van der Waals surface area contributed by atoms with Crippen molar-refractivity contribution in [2.45, 2.75) is 26.3 Å². The van der Waals surface area contributed by atoms with Gasteiger partial charge in [-0.05, 0) is 36.6 Å². The lowest BCUT2D eigenvalue weighted by Crippen LogP contribution is -2.30. The van der Waals surface area contributed by atoms with E-state index < -0.39 is 0 Å². The minimum Gasteiger partial charge on any atom is -0.399 e. The van der Waals surface area contributed by atoms with E-state index in [4.69, 9.17) is 5.73 Å². The minimum atomic E-state index is 0.193. The monoisotopic (exact) mass is 282 g/mol. The van der Waals surface area contributed by atoms with Crippen molar-refractivity contribution in [3.8, 4) is 0 Å². The molecule has 110 valence electrons. The molecule has 0 aliphatic rings. The topological polar surface area (TPSA) is 46.3 Å². The van der Waals surface area contributed by atoms with Crippen LogP contribution in [-0.4, -0.2) is 17.4 Å². The SMILES string of the molecule is CCN(Cc1ccccc1)C(=O)CCc1ccc(N)cc1. The Morgan fingerprint density at radius 3 is 2.29 bits per heavy atom. The largest absolute Gasteiger partial charge is 0.399 e. The number of carbonyl (C=O) groups is 1. The maximum atomic E-state index is 12.3. The number of anilines is 1. The third kappa shape index (κ3) is 4.63. The van der Waals surface area contributed by atoms with Crippen LogP contribution >= 0.6 is 0 Å². The van der Waals surface area contributed by atoms with Crippen LogP contribution in [0.25, 0.3) is 0 Å². The van der Waals surface area contributed by atoms with E-state index in [0.29, 0.717) is 13.0 Å². The molecule has 0 aliphatic heterocycles. The van der Waals surface area contributed by atoms with Crippen molar-refractivity contribution in [1.82, 2.24) is 4.90 Å². The molecule has 1 amide bonds. The number of hydrogen-bond donors (Lipinski definition) is 1. The maximum absolute atomic E-state index is 12.3. The van der Waals surface area contributed by atoms with E-state index in [2.05, 4.69) is 12.1 Å². The first-order chi connectivity index (χ1) is 10.2. The van der Waals surface area contributed by atoms with E-state index >= 15 is 0 Å². The molecular formula is C18H22N2O. The number of benzene rings is 2. The van der Waals surface area contributed by atoms with Crippen molar-refractivity contribution >= 4 is 11.6 Å². The van der Waals surface area contributed by atoms with Crippen molar-refractivity contribution in [2.24, 2.45) is 0 Å². The molecule has 2 rings (SSSR count). The fraction of sp³-hybridized carbons (Fsp3) is 0.278. The van der Waals surface area contributed by atoms with Gasteiger partial charge in [0.05, 0.1) is 0 Å². The number of carbonyl (C=O) groups excluding carboxylic acids is 1. The van der Waals surface area contributed by atoms with Gasteiger partial charge in [0.15, 0.2) is 0 Å². The predicted molar refractivity (Wildman–Crippen MR) is 86.7 cm³/mol. The van der Waals surface area contributed by atoms with Crippen LogP contribution in [0.5, 0.6) is 0 Å². The zero-order valence-electron chi connectivity index (χ0n) is 12.5. The summed E-state index contributed by atoms with van der Waals surface area (Å²) in [5.74, 6) is 0.193. The summed E-state index contributed by atoms with van der Waals surface area (Å²) >= 11 is 0. The molecule has 0 atom stereocenters. The minimum absolute atomic E-state index is 0.193. The van der Waals surface area contributed by atoms with Gasteiger partial charge in [0.1, 0.15) is 0 Å². The number of nitrogens with two attached hydrogens (primary N) is 1. The molecule has 21 heavy (non-hydrogen) atoms. The summed E-state index contributed by atoms with van der Waals surface area (Å²) in [6.07, 6.45) is 1.29. The average molecular weight is 282 g/mol. The summed E-state index contributed by atoms with van der Waals surface area (Å²) in [4.78, 5) is 14.2. The van der Waals surface area contributed by atoms with Crippen LogP contribution in [0.15, 0.2) is 54.6 Å². The molecule has 0 bridgehead atoms. The summed E-state index contributed by atoms with van der Waals surface area (Å²) in [6, 6.07) is 17.8. The molecule has 0 spiro atoms. The van der Waals surface area contributed by atoms with Gasteiger partial charge in [0, 0.05) is 25.2 Å². The average Bonchev–Trinajstić information content (AvgIpc) is 2.52. The highest BCUT2D eigenvalue weighted by atomic mass is 16.2.